The first-order chi connectivity index (χ1) is 19.8. The molecule has 3 aromatic rings. The molecule has 3 aromatic carbocycles. The highest BCUT2D eigenvalue weighted by Crippen LogP contribution is 2.21. The van der Waals surface area contributed by atoms with Crippen molar-refractivity contribution >= 4 is 34.5 Å². The lowest BCUT2D eigenvalue weighted by Crippen LogP contribution is -2.55. The number of hydrogen-bond acceptors (Lipinski definition) is 6. The van der Waals surface area contributed by atoms with Crippen molar-refractivity contribution in [1.82, 2.24) is 16.0 Å². The van der Waals surface area contributed by atoms with Crippen LogP contribution < -0.4 is 16.0 Å². The summed E-state index contributed by atoms with van der Waals surface area (Å²) < 4.78 is 5.20. The van der Waals surface area contributed by atoms with E-state index in [0.717, 1.165) is 28.3 Å². The van der Waals surface area contributed by atoms with Gasteiger partial charge in [0.05, 0.1) is 12.5 Å². The normalized spacial score (nSPS) is 16.9. The lowest BCUT2D eigenvalue weighted by atomic mass is 9.89. The molecule has 0 spiro atoms. The maximum atomic E-state index is 13.7. The van der Waals surface area contributed by atoms with Crippen LogP contribution in [0.1, 0.15) is 37.3 Å². The number of piperidine rings is 1. The molecule has 1 aliphatic heterocycles. The van der Waals surface area contributed by atoms with Gasteiger partial charge in [-0.15, -0.1) is 0 Å². The van der Waals surface area contributed by atoms with Crippen molar-refractivity contribution in [3.05, 3.63) is 83.9 Å². The predicted octanol–water partition coefficient (Wildman–Crippen LogP) is 2.97. The lowest BCUT2D eigenvalue weighted by Gasteiger charge is -2.30. The SMILES string of the molecule is CC(=O)OC(C#N)[C@@H](C[C@H]1CCCNC1=O)NC(=O)[C@H](Cc1ccccc1)NC(=O)Cc1ccc2ccccc2c1. The first-order valence-electron chi connectivity index (χ1n) is 13.8. The molecule has 9 heteroatoms. The molecule has 0 aromatic heterocycles. The van der Waals surface area contributed by atoms with Crippen LogP contribution in [0.15, 0.2) is 72.8 Å². The Bertz CT molecular complexity index is 1430. The third-order valence-electron chi connectivity index (χ3n) is 7.16. The molecule has 0 bridgehead atoms. The molecule has 0 saturated carbocycles. The van der Waals surface area contributed by atoms with Gasteiger partial charge < -0.3 is 20.7 Å². The summed E-state index contributed by atoms with van der Waals surface area (Å²) in [6, 6.07) is 22.9. The van der Waals surface area contributed by atoms with Gasteiger partial charge in [-0.3, -0.25) is 19.2 Å². The molecular formula is C32H34N4O5. The fourth-order valence-corrected chi connectivity index (χ4v) is 5.12. The molecule has 4 atom stereocenters. The van der Waals surface area contributed by atoms with E-state index in [2.05, 4.69) is 16.0 Å². The average molecular weight is 555 g/mol. The molecule has 41 heavy (non-hydrogen) atoms. The number of fused-ring (bicyclic) bond motifs is 1. The van der Waals surface area contributed by atoms with Crippen molar-refractivity contribution < 1.29 is 23.9 Å². The molecule has 9 nitrogen and oxygen atoms in total. The van der Waals surface area contributed by atoms with Gasteiger partial charge in [0.25, 0.3) is 0 Å². The van der Waals surface area contributed by atoms with Gasteiger partial charge in [0.2, 0.25) is 23.8 Å². The number of ether oxygens (including phenoxy) is 1. The van der Waals surface area contributed by atoms with E-state index in [1.165, 1.54) is 6.92 Å². The maximum Gasteiger partial charge on any atom is 0.304 e. The second-order valence-corrected chi connectivity index (χ2v) is 10.3. The summed E-state index contributed by atoms with van der Waals surface area (Å²) in [6.45, 7) is 1.75. The summed E-state index contributed by atoms with van der Waals surface area (Å²) in [5, 5.41) is 20.3. The van der Waals surface area contributed by atoms with E-state index in [0.29, 0.717) is 13.0 Å². The zero-order chi connectivity index (χ0) is 29.2. The van der Waals surface area contributed by atoms with Crippen molar-refractivity contribution in [2.75, 3.05) is 6.54 Å². The number of carbonyl (C=O) groups excluding carboxylic acids is 4. The largest absolute Gasteiger partial charge is 0.445 e. The summed E-state index contributed by atoms with van der Waals surface area (Å²) in [6.07, 6.45) is 0.458. The fraction of sp³-hybridized carbons (Fsp3) is 0.344. The number of nitriles is 1. The van der Waals surface area contributed by atoms with Crippen LogP contribution in [0.2, 0.25) is 0 Å². The number of benzene rings is 3. The van der Waals surface area contributed by atoms with Gasteiger partial charge in [0.15, 0.2) is 0 Å². The highest BCUT2D eigenvalue weighted by molar-refractivity contribution is 5.90. The maximum absolute atomic E-state index is 13.7. The summed E-state index contributed by atoms with van der Waals surface area (Å²) in [4.78, 5) is 51.0. The summed E-state index contributed by atoms with van der Waals surface area (Å²) in [7, 11) is 0. The second kappa shape index (κ2) is 14.1. The third-order valence-corrected chi connectivity index (χ3v) is 7.16. The number of nitrogens with one attached hydrogen (secondary N) is 3. The summed E-state index contributed by atoms with van der Waals surface area (Å²) in [5.74, 6) is -2.16. The molecule has 1 unspecified atom stereocenters. The summed E-state index contributed by atoms with van der Waals surface area (Å²) >= 11 is 0. The van der Waals surface area contributed by atoms with Crippen LogP contribution in [-0.2, 0) is 36.8 Å². The molecule has 4 rings (SSSR count). The molecule has 1 heterocycles. The average Bonchev–Trinajstić information content (AvgIpc) is 2.96. The molecule has 0 radical (unpaired) electrons. The topological polar surface area (TPSA) is 137 Å². The number of esters is 1. The van der Waals surface area contributed by atoms with E-state index in [1.54, 1.807) is 0 Å². The zero-order valence-electron chi connectivity index (χ0n) is 23.0. The second-order valence-electron chi connectivity index (χ2n) is 10.3. The van der Waals surface area contributed by atoms with Crippen molar-refractivity contribution in [2.45, 2.75) is 57.2 Å². The quantitative estimate of drug-likeness (QED) is 0.312. The highest BCUT2D eigenvalue weighted by Gasteiger charge is 2.34. The highest BCUT2D eigenvalue weighted by atomic mass is 16.5. The monoisotopic (exact) mass is 554 g/mol. The van der Waals surface area contributed by atoms with Crippen LogP contribution in [0.5, 0.6) is 0 Å². The smallest absolute Gasteiger partial charge is 0.304 e. The Balaban J connectivity index is 1.53. The minimum absolute atomic E-state index is 0.0728. The van der Waals surface area contributed by atoms with Gasteiger partial charge >= 0.3 is 5.97 Å². The van der Waals surface area contributed by atoms with Gasteiger partial charge in [-0.05, 0) is 41.2 Å². The Labute approximate surface area is 239 Å². The van der Waals surface area contributed by atoms with Crippen LogP contribution >= 0.6 is 0 Å². The van der Waals surface area contributed by atoms with Gasteiger partial charge in [0.1, 0.15) is 12.1 Å². The zero-order valence-corrected chi connectivity index (χ0v) is 23.0. The molecule has 1 fully saturated rings. The van der Waals surface area contributed by atoms with E-state index in [4.69, 9.17) is 4.74 Å². The molecule has 3 amide bonds. The minimum atomic E-state index is -1.29. The number of carbonyl (C=O) groups is 4. The van der Waals surface area contributed by atoms with Crippen molar-refractivity contribution in [1.29, 1.82) is 5.26 Å². The predicted molar refractivity (Wildman–Crippen MR) is 153 cm³/mol. The van der Waals surface area contributed by atoms with Crippen LogP contribution in [0.25, 0.3) is 10.8 Å². The van der Waals surface area contributed by atoms with Crippen molar-refractivity contribution in [3.63, 3.8) is 0 Å². The number of hydrogen-bond donors (Lipinski definition) is 3. The molecule has 3 N–H and O–H groups in total. The summed E-state index contributed by atoms with van der Waals surface area (Å²) in [5.41, 5.74) is 1.64. The molecule has 1 aliphatic rings. The van der Waals surface area contributed by atoms with Crippen LogP contribution in [0, 0.1) is 17.2 Å². The molecule has 1 saturated heterocycles. The molecule has 212 valence electrons. The van der Waals surface area contributed by atoms with E-state index >= 15 is 0 Å². The number of amides is 3. The molecule has 0 aliphatic carbocycles. The van der Waals surface area contributed by atoms with Gasteiger partial charge in [0, 0.05) is 25.8 Å². The number of rotatable bonds is 11. The van der Waals surface area contributed by atoms with Gasteiger partial charge in [-0.25, -0.2) is 0 Å². The number of nitrogens with zero attached hydrogens (tertiary/aromatic N) is 1. The van der Waals surface area contributed by atoms with Gasteiger partial charge in [-0.2, -0.15) is 5.26 Å². The standard InChI is InChI=1S/C32H34N4O5/c1-21(37)41-29(20-33)27(19-26-12-7-15-34-31(26)39)36-32(40)28(17-22-8-3-2-4-9-22)35-30(38)18-23-13-14-24-10-5-6-11-25(24)16-23/h2-6,8-11,13-14,16,26-29H,7,12,15,17-19H2,1H3,(H,34,39)(H,35,38)(H,36,40)/t26-,27-,28+,29?/m1/s1. The van der Waals surface area contributed by atoms with Crippen LogP contribution in [-0.4, -0.2) is 48.4 Å². The first kappa shape index (κ1) is 29.3. The first-order valence-corrected chi connectivity index (χ1v) is 13.8. The van der Waals surface area contributed by atoms with E-state index in [1.807, 2.05) is 78.9 Å². The van der Waals surface area contributed by atoms with Crippen molar-refractivity contribution in [2.24, 2.45) is 5.92 Å². The Kier molecular flexibility index (Phi) is 10.1. The minimum Gasteiger partial charge on any atom is -0.445 e. The van der Waals surface area contributed by atoms with E-state index in [-0.39, 0.29) is 31.1 Å². The lowest BCUT2D eigenvalue weighted by molar-refractivity contribution is -0.146. The van der Waals surface area contributed by atoms with Crippen LogP contribution in [0.4, 0.5) is 0 Å². The van der Waals surface area contributed by atoms with Crippen LogP contribution in [0.3, 0.4) is 0 Å². The fourth-order valence-electron chi connectivity index (χ4n) is 5.12. The van der Waals surface area contributed by atoms with Crippen molar-refractivity contribution in [3.8, 4) is 6.07 Å². The Morgan fingerprint density at radius 2 is 1.73 bits per heavy atom. The van der Waals surface area contributed by atoms with Gasteiger partial charge in [-0.1, -0.05) is 72.8 Å². The third kappa shape index (κ3) is 8.39. The van der Waals surface area contributed by atoms with E-state index < -0.39 is 36.0 Å². The Hall–Kier alpha value is -4.71. The Morgan fingerprint density at radius 3 is 2.44 bits per heavy atom. The Morgan fingerprint density at radius 1 is 1.00 bits per heavy atom. The van der Waals surface area contributed by atoms with E-state index in [9.17, 15) is 24.4 Å². The molecular weight excluding hydrogens is 520 g/mol.